The fraction of sp³-hybridized carbons (Fsp3) is 0.875. The maximum Gasteiger partial charge on any atom is 0.129 e. The van der Waals surface area contributed by atoms with E-state index in [1.807, 2.05) is 14.2 Å². The minimum Gasteiger partial charge on any atom is -0.366 e. The van der Waals surface area contributed by atoms with Gasteiger partial charge in [-0.05, 0) is 124 Å². The first-order valence-corrected chi connectivity index (χ1v) is 14.6. The maximum absolute atomic E-state index is 5.99. The van der Waals surface area contributed by atoms with Crippen LogP contribution in [0, 0.1) is 59.2 Å². The molecule has 0 saturated heterocycles. The van der Waals surface area contributed by atoms with Crippen LogP contribution in [0.5, 0.6) is 0 Å². The second-order valence-electron chi connectivity index (χ2n) is 12.6. The SMILES string of the molecule is COC1(C#CC#CC2(OC)CCC(C3CCC(C)CC3)CC2)CCC(C2CCC(C)CC2)CC1. The van der Waals surface area contributed by atoms with Gasteiger partial charge in [0.2, 0.25) is 0 Å². The molecule has 0 N–H and O–H groups in total. The lowest BCUT2D eigenvalue weighted by molar-refractivity contribution is -0.0128. The molecular formula is C32H50O2. The Morgan fingerprint density at radius 1 is 0.471 bits per heavy atom. The number of methoxy groups -OCH3 is 2. The van der Waals surface area contributed by atoms with Crippen LogP contribution in [-0.2, 0) is 9.47 Å². The first kappa shape index (κ1) is 26.1. The van der Waals surface area contributed by atoms with Crippen molar-refractivity contribution in [3.05, 3.63) is 0 Å². The molecule has 4 aliphatic carbocycles. The van der Waals surface area contributed by atoms with Crippen molar-refractivity contribution in [3.8, 4) is 23.7 Å². The summed E-state index contributed by atoms with van der Waals surface area (Å²) < 4.78 is 12.0. The topological polar surface area (TPSA) is 18.5 Å². The van der Waals surface area contributed by atoms with Crippen molar-refractivity contribution < 1.29 is 9.47 Å². The van der Waals surface area contributed by atoms with Gasteiger partial charge in [0.05, 0.1) is 0 Å². The van der Waals surface area contributed by atoms with Gasteiger partial charge in [-0.1, -0.05) is 51.4 Å². The smallest absolute Gasteiger partial charge is 0.129 e. The molecule has 0 radical (unpaired) electrons. The number of rotatable bonds is 4. The van der Waals surface area contributed by atoms with Crippen LogP contribution >= 0.6 is 0 Å². The summed E-state index contributed by atoms with van der Waals surface area (Å²) in [5, 5.41) is 0. The Bertz CT molecular complexity index is 678. The molecule has 0 aromatic heterocycles. The molecule has 0 unspecified atom stereocenters. The zero-order valence-electron chi connectivity index (χ0n) is 22.6. The monoisotopic (exact) mass is 466 g/mol. The quantitative estimate of drug-likeness (QED) is 0.394. The van der Waals surface area contributed by atoms with Gasteiger partial charge in [0.1, 0.15) is 11.2 Å². The molecule has 0 bridgehead atoms. The first-order chi connectivity index (χ1) is 16.5. The van der Waals surface area contributed by atoms with Crippen molar-refractivity contribution in [2.24, 2.45) is 35.5 Å². The molecule has 190 valence electrons. The van der Waals surface area contributed by atoms with Gasteiger partial charge in [0.25, 0.3) is 0 Å². The van der Waals surface area contributed by atoms with Gasteiger partial charge in [-0.3, -0.25) is 0 Å². The van der Waals surface area contributed by atoms with Gasteiger partial charge in [0.15, 0.2) is 0 Å². The van der Waals surface area contributed by atoms with Crippen molar-refractivity contribution in [3.63, 3.8) is 0 Å². The van der Waals surface area contributed by atoms with Crippen LogP contribution < -0.4 is 0 Å². The lowest BCUT2D eigenvalue weighted by Gasteiger charge is -2.40. The van der Waals surface area contributed by atoms with E-state index in [-0.39, 0.29) is 11.2 Å². The lowest BCUT2D eigenvalue weighted by Crippen LogP contribution is -2.37. The Morgan fingerprint density at radius 2 is 0.765 bits per heavy atom. The average Bonchev–Trinajstić information content (AvgIpc) is 2.88. The lowest BCUT2D eigenvalue weighted by atomic mass is 9.68. The average molecular weight is 467 g/mol. The van der Waals surface area contributed by atoms with Gasteiger partial charge in [-0.15, -0.1) is 0 Å². The second-order valence-corrected chi connectivity index (χ2v) is 12.6. The van der Waals surface area contributed by atoms with E-state index in [1.54, 1.807) is 0 Å². The summed E-state index contributed by atoms with van der Waals surface area (Å²) in [6.45, 7) is 4.83. The van der Waals surface area contributed by atoms with Crippen molar-refractivity contribution in [2.75, 3.05) is 14.2 Å². The summed E-state index contributed by atoms with van der Waals surface area (Å²) in [6, 6.07) is 0. The highest BCUT2D eigenvalue weighted by molar-refractivity contribution is 5.33. The molecule has 0 aliphatic heterocycles. The van der Waals surface area contributed by atoms with E-state index in [1.165, 1.54) is 77.0 Å². The normalized spacial score (nSPS) is 43.2. The fourth-order valence-electron chi connectivity index (χ4n) is 7.72. The molecule has 0 aromatic carbocycles. The molecule has 0 atom stereocenters. The zero-order valence-corrected chi connectivity index (χ0v) is 22.6. The molecule has 0 heterocycles. The largest absolute Gasteiger partial charge is 0.366 e. The van der Waals surface area contributed by atoms with E-state index < -0.39 is 0 Å². The van der Waals surface area contributed by atoms with Gasteiger partial charge < -0.3 is 9.47 Å². The van der Waals surface area contributed by atoms with Crippen molar-refractivity contribution in [1.82, 2.24) is 0 Å². The summed E-state index contributed by atoms with van der Waals surface area (Å²) in [5.74, 6) is 18.9. The molecular weight excluding hydrogens is 416 g/mol. The minimum atomic E-state index is -0.289. The van der Waals surface area contributed by atoms with Gasteiger partial charge in [-0.25, -0.2) is 0 Å². The van der Waals surface area contributed by atoms with Crippen LogP contribution in [-0.4, -0.2) is 25.4 Å². The molecule has 4 rings (SSSR count). The summed E-state index contributed by atoms with van der Waals surface area (Å²) in [7, 11) is 3.68. The van der Waals surface area contributed by atoms with Crippen LogP contribution in [0.2, 0.25) is 0 Å². The van der Waals surface area contributed by atoms with Gasteiger partial charge >= 0.3 is 0 Å². The first-order valence-electron chi connectivity index (χ1n) is 14.6. The molecule has 4 fully saturated rings. The van der Waals surface area contributed by atoms with Crippen molar-refractivity contribution in [2.45, 2.75) is 128 Å². The van der Waals surface area contributed by atoms with Crippen LogP contribution in [0.15, 0.2) is 0 Å². The Balaban J connectivity index is 1.29. The number of hydrogen-bond acceptors (Lipinski definition) is 2. The van der Waals surface area contributed by atoms with Crippen LogP contribution in [0.4, 0.5) is 0 Å². The van der Waals surface area contributed by atoms with Gasteiger partial charge in [-0.2, -0.15) is 0 Å². The summed E-state index contributed by atoms with van der Waals surface area (Å²) in [4.78, 5) is 0. The molecule has 0 spiro atoms. The highest BCUT2D eigenvalue weighted by Gasteiger charge is 2.38. The summed E-state index contributed by atoms with van der Waals surface area (Å²) in [5.41, 5.74) is -0.577. The zero-order chi connectivity index (χ0) is 24.0. The molecule has 4 aliphatic rings. The van der Waals surface area contributed by atoms with Crippen molar-refractivity contribution >= 4 is 0 Å². The molecule has 0 aromatic rings. The molecule has 0 amide bonds. The number of ether oxygens (including phenoxy) is 2. The van der Waals surface area contributed by atoms with Crippen molar-refractivity contribution in [1.29, 1.82) is 0 Å². The highest BCUT2D eigenvalue weighted by atomic mass is 16.5. The summed E-state index contributed by atoms with van der Waals surface area (Å²) >= 11 is 0. The van der Waals surface area contributed by atoms with E-state index in [0.717, 1.165) is 61.2 Å². The van der Waals surface area contributed by atoms with E-state index in [0.29, 0.717) is 0 Å². The Hall–Kier alpha value is -0.960. The molecule has 4 saturated carbocycles. The van der Waals surface area contributed by atoms with Crippen LogP contribution in [0.3, 0.4) is 0 Å². The standard InChI is InChI=1S/C32H50O2/c1-25-7-11-27(12-8-25)29-15-21-31(33-3,22-16-29)19-5-6-20-32(34-4)23-17-30(18-24-32)28-13-9-26(2)10-14-28/h25-30H,7-18,21-24H2,1-4H3. The predicted molar refractivity (Wildman–Crippen MR) is 141 cm³/mol. The van der Waals surface area contributed by atoms with Gasteiger partial charge in [0, 0.05) is 14.2 Å². The third kappa shape index (κ3) is 6.42. The third-order valence-electron chi connectivity index (χ3n) is 10.6. The Kier molecular flexibility index (Phi) is 9.10. The molecule has 2 heteroatoms. The van der Waals surface area contributed by atoms with Crippen LogP contribution in [0.1, 0.15) is 117 Å². The summed E-state index contributed by atoms with van der Waals surface area (Å²) in [6.07, 6.45) is 20.7. The highest BCUT2D eigenvalue weighted by Crippen LogP contribution is 2.44. The van der Waals surface area contributed by atoms with E-state index in [9.17, 15) is 0 Å². The minimum absolute atomic E-state index is 0.289. The predicted octanol–water partition coefficient (Wildman–Crippen LogP) is 7.80. The van der Waals surface area contributed by atoms with E-state index in [2.05, 4.69) is 37.5 Å². The number of hydrogen-bond donors (Lipinski definition) is 0. The maximum atomic E-state index is 5.99. The van der Waals surface area contributed by atoms with E-state index in [4.69, 9.17) is 9.47 Å². The van der Waals surface area contributed by atoms with E-state index >= 15 is 0 Å². The molecule has 2 nitrogen and oxygen atoms in total. The Labute approximate surface area is 210 Å². The second kappa shape index (κ2) is 11.8. The van der Waals surface area contributed by atoms with Crippen LogP contribution in [0.25, 0.3) is 0 Å². The molecule has 34 heavy (non-hydrogen) atoms. The third-order valence-corrected chi connectivity index (χ3v) is 10.6. The fourth-order valence-corrected chi connectivity index (χ4v) is 7.72. The Morgan fingerprint density at radius 3 is 1.06 bits per heavy atom.